The van der Waals surface area contributed by atoms with Crippen molar-refractivity contribution < 1.29 is 18.0 Å². The molecule has 0 aromatic heterocycles. The Hall–Kier alpha value is -0.440. The van der Waals surface area contributed by atoms with Gasteiger partial charge in [-0.15, -0.1) is 0 Å². The summed E-state index contributed by atoms with van der Waals surface area (Å²) in [6.45, 7) is 9.93. The molecule has 0 N–H and O–H groups in total. The van der Waals surface area contributed by atoms with Crippen molar-refractivity contribution >= 4 is 7.60 Å². The lowest BCUT2D eigenvalue weighted by Gasteiger charge is -2.26. The molecule has 0 aromatic carbocycles. The molecule has 110 valence electrons. The van der Waals surface area contributed by atoms with Crippen molar-refractivity contribution in [3.63, 3.8) is 0 Å². The van der Waals surface area contributed by atoms with E-state index >= 15 is 0 Å². The molecule has 1 rings (SSSR count). The molecule has 0 saturated carbocycles. The van der Waals surface area contributed by atoms with Gasteiger partial charge in [0.05, 0.1) is 19.4 Å². The normalized spacial score (nSPS) is 20.7. The summed E-state index contributed by atoms with van der Waals surface area (Å²) in [7, 11) is -3.19. The first-order valence-corrected chi connectivity index (χ1v) is 8.54. The van der Waals surface area contributed by atoms with E-state index in [0.717, 1.165) is 12.0 Å². The summed E-state index contributed by atoms with van der Waals surface area (Å²) in [4.78, 5) is 0. The van der Waals surface area contributed by atoms with E-state index in [2.05, 4.69) is 6.58 Å². The number of rotatable bonds is 7. The minimum atomic E-state index is -3.19. The predicted molar refractivity (Wildman–Crippen MR) is 76.0 cm³/mol. The van der Waals surface area contributed by atoms with Gasteiger partial charge >= 0.3 is 7.60 Å². The minimum Gasteiger partial charge on any atom is -0.309 e. The highest BCUT2D eigenvalue weighted by Gasteiger charge is 2.30. The second kappa shape index (κ2) is 7.37. The zero-order chi connectivity index (χ0) is 14.5. The molecule has 0 amide bonds. The van der Waals surface area contributed by atoms with Gasteiger partial charge in [0.2, 0.25) is 0 Å². The maximum atomic E-state index is 14.1. The van der Waals surface area contributed by atoms with Gasteiger partial charge in [-0.05, 0) is 45.1 Å². The standard InChI is InChI=1S/C14H24FO3P/c1-5-17-19(16,18-6-2)10-13-8-7-12(11(3)4)9-14(13)15/h12H,3,5-10H2,1-2,4H3/t12-/m0/s1. The van der Waals surface area contributed by atoms with Gasteiger partial charge in [-0.1, -0.05) is 12.2 Å². The first kappa shape index (κ1) is 16.6. The lowest BCUT2D eigenvalue weighted by atomic mass is 9.85. The molecule has 0 unspecified atom stereocenters. The molecule has 1 aliphatic carbocycles. The lowest BCUT2D eigenvalue weighted by molar-refractivity contribution is 0.221. The van der Waals surface area contributed by atoms with Crippen molar-refractivity contribution in [2.24, 2.45) is 5.92 Å². The Morgan fingerprint density at radius 3 is 2.42 bits per heavy atom. The van der Waals surface area contributed by atoms with Crippen LogP contribution in [0.15, 0.2) is 23.6 Å². The molecule has 1 atom stereocenters. The monoisotopic (exact) mass is 290 g/mol. The highest BCUT2D eigenvalue weighted by Crippen LogP contribution is 2.51. The summed E-state index contributed by atoms with van der Waals surface area (Å²) in [6, 6.07) is 0. The molecule has 0 radical (unpaired) electrons. The highest BCUT2D eigenvalue weighted by molar-refractivity contribution is 7.54. The fraction of sp³-hybridized carbons (Fsp3) is 0.714. The Morgan fingerprint density at radius 2 is 2.00 bits per heavy atom. The second-order valence-corrected chi connectivity index (χ2v) is 6.95. The van der Waals surface area contributed by atoms with E-state index in [9.17, 15) is 8.96 Å². The van der Waals surface area contributed by atoms with Crippen LogP contribution in [-0.4, -0.2) is 19.4 Å². The molecule has 0 spiro atoms. The smallest absolute Gasteiger partial charge is 0.309 e. The van der Waals surface area contributed by atoms with Crippen LogP contribution in [0.5, 0.6) is 0 Å². The van der Waals surface area contributed by atoms with Gasteiger partial charge in [0.15, 0.2) is 0 Å². The van der Waals surface area contributed by atoms with Crippen LogP contribution >= 0.6 is 7.60 Å². The lowest BCUT2D eigenvalue weighted by Crippen LogP contribution is -2.13. The van der Waals surface area contributed by atoms with Crippen LogP contribution in [0, 0.1) is 5.92 Å². The maximum Gasteiger partial charge on any atom is 0.334 e. The first-order valence-electron chi connectivity index (χ1n) is 6.81. The van der Waals surface area contributed by atoms with E-state index in [4.69, 9.17) is 9.05 Å². The van der Waals surface area contributed by atoms with Crippen LogP contribution in [-0.2, 0) is 13.6 Å². The molecule has 0 aromatic rings. The maximum absolute atomic E-state index is 14.1. The quantitative estimate of drug-likeness (QED) is 0.496. The van der Waals surface area contributed by atoms with Crippen molar-refractivity contribution in [2.75, 3.05) is 19.4 Å². The SMILES string of the molecule is C=C(C)[C@H]1CCC(CP(=O)(OCC)OCC)=C(F)C1. The molecule has 0 heterocycles. The van der Waals surface area contributed by atoms with Crippen molar-refractivity contribution in [2.45, 2.75) is 40.0 Å². The highest BCUT2D eigenvalue weighted by atomic mass is 31.2. The van der Waals surface area contributed by atoms with E-state index in [0.29, 0.717) is 31.6 Å². The molecular formula is C14H24FO3P. The third-order valence-electron chi connectivity index (χ3n) is 3.34. The van der Waals surface area contributed by atoms with E-state index in [1.807, 2.05) is 6.92 Å². The van der Waals surface area contributed by atoms with Crippen molar-refractivity contribution in [1.29, 1.82) is 0 Å². The Kier molecular flexibility index (Phi) is 6.45. The summed E-state index contributed by atoms with van der Waals surface area (Å²) >= 11 is 0. The zero-order valence-corrected chi connectivity index (χ0v) is 13.0. The van der Waals surface area contributed by atoms with Gasteiger partial charge in [0, 0.05) is 6.42 Å². The Morgan fingerprint density at radius 1 is 1.42 bits per heavy atom. The van der Waals surface area contributed by atoms with Gasteiger partial charge in [-0.25, -0.2) is 4.39 Å². The third-order valence-corrected chi connectivity index (χ3v) is 5.41. The van der Waals surface area contributed by atoms with E-state index in [-0.39, 0.29) is 17.9 Å². The molecule has 5 heteroatoms. The number of hydrogen-bond acceptors (Lipinski definition) is 3. The molecule has 0 aliphatic heterocycles. The van der Waals surface area contributed by atoms with Crippen LogP contribution in [0.2, 0.25) is 0 Å². The average Bonchev–Trinajstić information content (AvgIpc) is 2.32. The number of allylic oxidation sites excluding steroid dienone is 3. The predicted octanol–water partition coefficient (Wildman–Crippen LogP) is 4.85. The van der Waals surface area contributed by atoms with Gasteiger partial charge in [-0.2, -0.15) is 0 Å². The molecule has 0 saturated heterocycles. The van der Waals surface area contributed by atoms with E-state index in [1.54, 1.807) is 13.8 Å². The second-order valence-electron chi connectivity index (χ2n) is 4.90. The van der Waals surface area contributed by atoms with Gasteiger partial charge in [-0.3, -0.25) is 4.57 Å². The fourth-order valence-corrected chi connectivity index (χ4v) is 4.13. The van der Waals surface area contributed by atoms with Crippen LogP contribution in [0.1, 0.15) is 40.0 Å². The molecular weight excluding hydrogens is 266 g/mol. The fourth-order valence-electron chi connectivity index (χ4n) is 2.29. The largest absolute Gasteiger partial charge is 0.334 e. The summed E-state index contributed by atoms with van der Waals surface area (Å²) in [5.74, 6) is 0.0289. The van der Waals surface area contributed by atoms with Crippen molar-refractivity contribution in [3.8, 4) is 0 Å². The molecule has 19 heavy (non-hydrogen) atoms. The summed E-state index contributed by atoms with van der Waals surface area (Å²) in [5, 5.41) is 0. The summed E-state index contributed by atoms with van der Waals surface area (Å²) in [5.41, 5.74) is 1.59. The molecule has 1 aliphatic rings. The Labute approximate surface area is 115 Å². The summed E-state index contributed by atoms with van der Waals surface area (Å²) in [6.07, 6.45) is 1.90. The molecule has 0 bridgehead atoms. The molecule has 3 nitrogen and oxygen atoms in total. The molecule has 0 fully saturated rings. The Bertz CT molecular complexity index is 393. The first-order chi connectivity index (χ1) is 8.91. The van der Waals surface area contributed by atoms with Crippen LogP contribution < -0.4 is 0 Å². The van der Waals surface area contributed by atoms with Crippen molar-refractivity contribution in [3.05, 3.63) is 23.6 Å². The van der Waals surface area contributed by atoms with Gasteiger partial charge < -0.3 is 9.05 Å². The topological polar surface area (TPSA) is 35.5 Å². The van der Waals surface area contributed by atoms with Gasteiger partial charge in [0.1, 0.15) is 5.83 Å². The average molecular weight is 290 g/mol. The van der Waals surface area contributed by atoms with Crippen LogP contribution in [0.3, 0.4) is 0 Å². The van der Waals surface area contributed by atoms with Gasteiger partial charge in [0.25, 0.3) is 0 Å². The minimum absolute atomic E-state index is 0.0728. The number of halogens is 1. The third kappa shape index (κ3) is 4.87. The zero-order valence-electron chi connectivity index (χ0n) is 12.1. The number of hydrogen-bond donors (Lipinski definition) is 0. The van der Waals surface area contributed by atoms with E-state index < -0.39 is 7.60 Å². The van der Waals surface area contributed by atoms with Crippen LogP contribution in [0.4, 0.5) is 4.39 Å². The van der Waals surface area contributed by atoms with Crippen LogP contribution in [0.25, 0.3) is 0 Å². The van der Waals surface area contributed by atoms with Crippen molar-refractivity contribution in [1.82, 2.24) is 0 Å². The Balaban J connectivity index is 2.77. The summed E-state index contributed by atoms with van der Waals surface area (Å²) < 4.78 is 36.9. The van der Waals surface area contributed by atoms with E-state index in [1.165, 1.54) is 0 Å².